The predicted octanol–water partition coefficient (Wildman–Crippen LogP) is 5.40. The van der Waals surface area contributed by atoms with E-state index in [1.807, 2.05) is 38.1 Å². The fourth-order valence-corrected chi connectivity index (χ4v) is 10.8. The Bertz CT molecular complexity index is 2640. The van der Waals surface area contributed by atoms with E-state index in [4.69, 9.17) is 19.2 Å². The average molecular weight is 973 g/mol. The highest BCUT2D eigenvalue weighted by Gasteiger charge is 2.40. The second-order valence-electron chi connectivity index (χ2n) is 20.8. The summed E-state index contributed by atoms with van der Waals surface area (Å²) in [6.45, 7) is 14.6. The lowest BCUT2D eigenvalue weighted by Gasteiger charge is -2.37. The van der Waals surface area contributed by atoms with Crippen molar-refractivity contribution in [1.82, 2.24) is 40.0 Å². The molecule has 3 fully saturated rings. The molecule has 4 aliphatic rings. The van der Waals surface area contributed by atoms with Crippen molar-refractivity contribution in [2.45, 2.75) is 104 Å². The summed E-state index contributed by atoms with van der Waals surface area (Å²) < 4.78 is 19.4. The van der Waals surface area contributed by atoms with Gasteiger partial charge in [0.2, 0.25) is 17.7 Å². The number of hydrogen-bond acceptors (Lipinski definition) is 11. The number of pyridine rings is 1. The Morgan fingerprint density at radius 3 is 2.55 bits per heavy atom. The number of ether oxygens (including phenoxy) is 3. The van der Waals surface area contributed by atoms with Crippen LogP contribution in [0.2, 0.25) is 0 Å². The van der Waals surface area contributed by atoms with Crippen LogP contribution in [0.3, 0.4) is 0 Å². The van der Waals surface area contributed by atoms with E-state index in [1.54, 1.807) is 38.4 Å². The van der Waals surface area contributed by atoms with Crippen LogP contribution in [-0.2, 0) is 64.2 Å². The lowest BCUT2D eigenvalue weighted by atomic mass is 9.84. The van der Waals surface area contributed by atoms with Gasteiger partial charge in [-0.2, -0.15) is 0 Å². The minimum absolute atomic E-state index is 0.137. The van der Waals surface area contributed by atoms with Crippen molar-refractivity contribution in [3.8, 4) is 22.4 Å². The first-order valence-corrected chi connectivity index (χ1v) is 25.3. The molecule has 3 saturated heterocycles. The molecule has 0 radical (unpaired) electrons. The van der Waals surface area contributed by atoms with E-state index in [9.17, 15) is 24.0 Å². The molecule has 380 valence electrons. The second-order valence-corrected chi connectivity index (χ2v) is 20.8. The second kappa shape index (κ2) is 22.2. The number of benzene rings is 2. The standard InChI is InChI=1S/C55H72N8O8/c1-9-62-47-20-19-38-28-42(47)43(50(62)41-16-11-22-56-46(41)33-69-7)29-55(4,5)34-71-54(68)44-17-12-24-63(58-44)53(67)45(27-36-14-10-15-37(38)26-36)57-51(65)49(35(2)3)59(6)52(66)39-21-25-61(30-39)48(64)18-13-23-60-31-40(32-60)70-8/h10-11,13-16,18-20,22,26,28,35,39-40,44-45,49,58H,9,12,17,21,23-25,27,29-34H2,1-8H3,(H,57,65)/b18-13+/t39-,44-,45-,49-/m0/s1. The van der Waals surface area contributed by atoms with E-state index in [0.29, 0.717) is 58.5 Å². The van der Waals surface area contributed by atoms with Gasteiger partial charge in [0.05, 0.1) is 36.6 Å². The highest BCUT2D eigenvalue weighted by atomic mass is 16.5. The topological polar surface area (TPSA) is 168 Å². The van der Waals surface area contributed by atoms with Gasteiger partial charge in [0, 0.05) is 108 Å². The molecule has 16 heteroatoms. The Hall–Kier alpha value is -5.94. The van der Waals surface area contributed by atoms with Crippen molar-refractivity contribution < 1.29 is 38.2 Å². The summed E-state index contributed by atoms with van der Waals surface area (Å²) >= 11 is 0. The monoisotopic (exact) mass is 973 g/mol. The molecule has 2 aromatic carbocycles. The third kappa shape index (κ3) is 11.4. The molecule has 4 aromatic rings. The van der Waals surface area contributed by atoms with Crippen LogP contribution < -0.4 is 10.7 Å². The van der Waals surface area contributed by atoms with Gasteiger partial charge in [-0.1, -0.05) is 64.1 Å². The molecule has 8 rings (SSSR count). The van der Waals surface area contributed by atoms with Crippen molar-refractivity contribution in [3.05, 3.63) is 89.8 Å². The molecule has 0 spiro atoms. The van der Waals surface area contributed by atoms with Crippen LogP contribution in [0, 0.1) is 17.3 Å². The predicted molar refractivity (Wildman–Crippen MR) is 271 cm³/mol. The fourth-order valence-electron chi connectivity index (χ4n) is 10.8. The Morgan fingerprint density at radius 1 is 1.01 bits per heavy atom. The zero-order valence-electron chi connectivity index (χ0n) is 42.7. The van der Waals surface area contributed by atoms with Gasteiger partial charge < -0.3 is 33.9 Å². The van der Waals surface area contributed by atoms with Gasteiger partial charge in [0.25, 0.3) is 5.91 Å². The van der Waals surface area contributed by atoms with Crippen LogP contribution in [0.1, 0.15) is 70.7 Å². The number of cyclic esters (lactones) is 1. The van der Waals surface area contributed by atoms with Crippen molar-refractivity contribution >= 4 is 40.5 Å². The maximum absolute atomic E-state index is 14.8. The van der Waals surface area contributed by atoms with Gasteiger partial charge in [0.1, 0.15) is 18.1 Å². The summed E-state index contributed by atoms with van der Waals surface area (Å²) in [7, 11) is 5.00. The van der Waals surface area contributed by atoms with Gasteiger partial charge in [-0.05, 0) is 85.0 Å². The average Bonchev–Trinajstić information content (AvgIpc) is 3.96. The first kappa shape index (κ1) is 51.4. The molecule has 4 amide bonds. The number of nitrogens with one attached hydrogen (secondary N) is 2. The van der Waals surface area contributed by atoms with E-state index in [1.165, 1.54) is 9.91 Å². The largest absolute Gasteiger partial charge is 0.464 e. The Labute approximate surface area is 418 Å². The number of fused-ring (bicyclic) bond motifs is 6. The van der Waals surface area contributed by atoms with Crippen molar-refractivity contribution in [2.24, 2.45) is 17.3 Å². The van der Waals surface area contributed by atoms with E-state index in [2.05, 4.69) is 77.4 Å². The number of methoxy groups -OCH3 is 2. The number of amides is 4. The molecule has 0 saturated carbocycles. The lowest BCUT2D eigenvalue weighted by molar-refractivity contribution is -0.155. The molecule has 6 heterocycles. The zero-order chi connectivity index (χ0) is 50.6. The van der Waals surface area contributed by atoms with E-state index < -0.39 is 47.2 Å². The Morgan fingerprint density at radius 2 is 1.80 bits per heavy atom. The lowest BCUT2D eigenvalue weighted by Crippen LogP contribution is -2.62. The number of hydrogen-bond donors (Lipinski definition) is 2. The maximum Gasteiger partial charge on any atom is 0.324 e. The SMILES string of the molecule is CCn1c(-c2cccnc2COC)c2c3cc(ccc31)-c1cccc(c1)C[C@H](NC(=O)[C@H](C(C)C)N(C)C(=O)[C@H]1CCN(C(=O)/C=C/CN3CC(OC)C3)C1)C(=O)N1CCC[C@H](N1)C(=O)OCC(C)(C)C2. The van der Waals surface area contributed by atoms with Crippen LogP contribution in [0.5, 0.6) is 0 Å². The van der Waals surface area contributed by atoms with Crippen molar-refractivity contribution in [3.63, 3.8) is 0 Å². The summed E-state index contributed by atoms with van der Waals surface area (Å²) in [6.07, 6.45) is 7.69. The van der Waals surface area contributed by atoms with Crippen LogP contribution in [0.4, 0.5) is 0 Å². The molecular weight excluding hydrogens is 901 g/mol. The molecule has 2 aromatic heterocycles. The normalized spacial score (nSPS) is 21.6. The van der Waals surface area contributed by atoms with Crippen LogP contribution >= 0.6 is 0 Å². The molecule has 71 heavy (non-hydrogen) atoms. The Balaban J connectivity index is 1.08. The molecule has 4 aliphatic heterocycles. The summed E-state index contributed by atoms with van der Waals surface area (Å²) in [5.74, 6) is -2.47. The van der Waals surface area contributed by atoms with Gasteiger partial charge in [-0.15, -0.1) is 0 Å². The zero-order valence-corrected chi connectivity index (χ0v) is 42.7. The summed E-state index contributed by atoms with van der Waals surface area (Å²) in [5, 5.41) is 5.61. The minimum atomic E-state index is -1.05. The first-order chi connectivity index (χ1) is 34.1. The maximum atomic E-state index is 14.8. The Kier molecular flexibility index (Phi) is 16.1. The number of nitrogens with zero attached hydrogens (tertiary/aromatic N) is 6. The summed E-state index contributed by atoms with van der Waals surface area (Å²) in [4.78, 5) is 80.8. The molecule has 4 atom stereocenters. The van der Waals surface area contributed by atoms with Gasteiger partial charge in [0.15, 0.2) is 0 Å². The van der Waals surface area contributed by atoms with Crippen LogP contribution in [-0.4, -0.2) is 150 Å². The highest BCUT2D eigenvalue weighted by molar-refractivity contribution is 5.96. The van der Waals surface area contributed by atoms with Crippen molar-refractivity contribution in [1.29, 1.82) is 0 Å². The van der Waals surface area contributed by atoms with Gasteiger partial charge in [-0.25, -0.2) is 5.43 Å². The van der Waals surface area contributed by atoms with E-state index in [-0.39, 0.29) is 43.4 Å². The number of aryl methyl sites for hydroxylation is 1. The summed E-state index contributed by atoms with van der Waals surface area (Å²) in [6, 6.07) is 15.9. The van der Waals surface area contributed by atoms with Crippen LogP contribution in [0.15, 0.2) is 72.9 Å². The number of aromatic nitrogens is 2. The molecular formula is C55H72N8O8. The number of likely N-dealkylation sites (N-methyl/N-ethyl adjacent to an activating group) is 1. The third-order valence-corrected chi connectivity index (χ3v) is 14.6. The third-order valence-electron chi connectivity index (χ3n) is 14.6. The number of esters is 1. The number of hydrazine groups is 1. The molecule has 6 bridgehead atoms. The van der Waals surface area contributed by atoms with Gasteiger partial charge >= 0.3 is 5.97 Å². The quantitative estimate of drug-likeness (QED) is 0.130. The first-order valence-electron chi connectivity index (χ1n) is 25.3. The fraction of sp³-hybridized carbons (Fsp3) is 0.527. The number of likely N-dealkylation sites (tertiary alicyclic amines) is 2. The summed E-state index contributed by atoms with van der Waals surface area (Å²) in [5.41, 5.74) is 10.5. The van der Waals surface area contributed by atoms with E-state index in [0.717, 1.165) is 63.2 Å². The smallest absolute Gasteiger partial charge is 0.324 e. The molecule has 0 aliphatic carbocycles. The number of carbonyl (C=O) groups excluding carboxylic acids is 5. The molecule has 2 N–H and O–H groups in total. The van der Waals surface area contributed by atoms with E-state index >= 15 is 0 Å². The molecule has 0 unspecified atom stereocenters. The molecule has 16 nitrogen and oxygen atoms in total. The number of rotatable bonds is 13. The van der Waals surface area contributed by atoms with Crippen LogP contribution in [0.25, 0.3) is 33.3 Å². The van der Waals surface area contributed by atoms with Gasteiger partial charge in [-0.3, -0.25) is 38.9 Å². The highest BCUT2D eigenvalue weighted by Crippen LogP contribution is 2.41. The minimum Gasteiger partial charge on any atom is -0.464 e. The van der Waals surface area contributed by atoms with Crippen molar-refractivity contribution in [2.75, 3.05) is 67.1 Å². The number of carbonyl (C=O) groups is 5.